The van der Waals surface area contributed by atoms with Crippen LogP contribution in [0.15, 0.2) is 174 Å². The Morgan fingerprint density at radius 2 is 1.16 bits per heavy atom. The highest BCUT2D eigenvalue weighted by Gasteiger charge is 2.27. The molecule has 0 N–H and O–H groups in total. The SMILES string of the molecule is CC1CC=Nc2c1n(-c1ccc3oc4ccc(-n5c6ccc(-c7ccccc7-c7ncccn7)cc6c6ncccc65)cc4c3c1)c1ccc(C3=CCCC=C3c3ncccn3)cc21. The van der Waals surface area contributed by atoms with Crippen molar-refractivity contribution in [2.75, 3.05) is 0 Å². The Morgan fingerprint density at radius 1 is 0.516 bits per heavy atom. The van der Waals surface area contributed by atoms with Gasteiger partial charge in [0, 0.05) is 87.2 Å². The number of aromatic nitrogens is 7. The Labute approximate surface area is 367 Å². The third-order valence-corrected chi connectivity index (χ3v) is 12.9. The molecule has 1 aliphatic carbocycles. The van der Waals surface area contributed by atoms with Crippen molar-refractivity contribution in [3.8, 4) is 33.9 Å². The normalized spacial score (nSPS) is 15.0. The minimum atomic E-state index is 0.276. The molecule has 9 nitrogen and oxygen atoms in total. The van der Waals surface area contributed by atoms with E-state index < -0.39 is 0 Å². The number of hydrogen-bond acceptors (Lipinski definition) is 7. The number of furan rings is 1. The molecular formula is C55H38N8O. The van der Waals surface area contributed by atoms with Crippen LogP contribution in [0.1, 0.15) is 49.2 Å². The second-order valence-electron chi connectivity index (χ2n) is 16.7. The summed E-state index contributed by atoms with van der Waals surface area (Å²) in [5, 5.41) is 4.31. The summed E-state index contributed by atoms with van der Waals surface area (Å²) in [4.78, 5) is 28.4. The van der Waals surface area contributed by atoms with Crippen LogP contribution in [0.5, 0.6) is 0 Å². The van der Waals surface area contributed by atoms with E-state index in [1.54, 1.807) is 12.4 Å². The lowest BCUT2D eigenvalue weighted by molar-refractivity contribution is 0.668. The first kappa shape index (κ1) is 36.4. The third kappa shape index (κ3) is 5.63. The van der Waals surface area contributed by atoms with Crippen molar-refractivity contribution < 1.29 is 4.42 Å². The zero-order chi connectivity index (χ0) is 42.3. The van der Waals surface area contributed by atoms with Crippen LogP contribution in [0.3, 0.4) is 0 Å². The topological polar surface area (TPSA) is 99.8 Å². The summed E-state index contributed by atoms with van der Waals surface area (Å²) in [6.45, 7) is 2.30. The summed E-state index contributed by atoms with van der Waals surface area (Å²) >= 11 is 0. The molecule has 5 aromatic carbocycles. The van der Waals surface area contributed by atoms with E-state index >= 15 is 0 Å². The molecule has 2 aliphatic rings. The van der Waals surface area contributed by atoms with E-state index in [0.717, 1.165) is 125 Å². The highest BCUT2D eigenvalue weighted by atomic mass is 16.3. The average molecular weight is 827 g/mol. The maximum atomic E-state index is 6.55. The summed E-state index contributed by atoms with van der Waals surface area (Å²) < 4.78 is 11.3. The smallest absolute Gasteiger partial charge is 0.159 e. The maximum absolute atomic E-state index is 6.55. The van der Waals surface area contributed by atoms with Crippen LogP contribution in [0, 0.1) is 0 Å². The van der Waals surface area contributed by atoms with Gasteiger partial charge in [-0.2, -0.15) is 0 Å². The van der Waals surface area contributed by atoms with Crippen LogP contribution in [0.25, 0.3) is 99.8 Å². The molecule has 0 spiro atoms. The lowest BCUT2D eigenvalue weighted by Gasteiger charge is -2.18. The number of nitrogens with zero attached hydrogens (tertiary/aromatic N) is 8. The average Bonchev–Trinajstić information content (AvgIpc) is 4.01. The summed E-state index contributed by atoms with van der Waals surface area (Å²) in [5.74, 6) is 1.73. The molecule has 1 aliphatic heterocycles. The van der Waals surface area contributed by atoms with E-state index in [9.17, 15) is 0 Å². The minimum Gasteiger partial charge on any atom is -0.456 e. The first-order chi connectivity index (χ1) is 31.7. The lowest BCUT2D eigenvalue weighted by atomic mass is 9.90. The number of pyridine rings is 1. The van der Waals surface area contributed by atoms with Crippen molar-refractivity contribution in [1.82, 2.24) is 34.1 Å². The largest absolute Gasteiger partial charge is 0.456 e. The van der Waals surface area contributed by atoms with Gasteiger partial charge in [-0.3, -0.25) is 9.98 Å². The van der Waals surface area contributed by atoms with Gasteiger partial charge in [0.15, 0.2) is 11.6 Å². The Bertz CT molecular complexity index is 3780. The van der Waals surface area contributed by atoms with Crippen LogP contribution < -0.4 is 0 Å². The molecule has 0 fully saturated rings. The van der Waals surface area contributed by atoms with Crippen molar-refractivity contribution in [2.45, 2.75) is 32.1 Å². The fraction of sp³-hybridized carbons (Fsp3) is 0.0909. The molecule has 6 aromatic heterocycles. The zero-order valence-corrected chi connectivity index (χ0v) is 34.9. The molecular weight excluding hydrogens is 789 g/mol. The molecule has 7 heterocycles. The monoisotopic (exact) mass is 826 g/mol. The van der Waals surface area contributed by atoms with Crippen molar-refractivity contribution in [1.29, 1.82) is 0 Å². The standard InChI is InChI=1S/C55H38N8O/c1-33-22-28-57-52-45-30-35(39-10-3-5-12-41(39)55-60-26-8-27-61-55)15-19-47(45)63(53(33)52)37-17-21-50-43(32-37)42-31-36(16-20-49(42)64-50)62-46-18-14-34(29-44(46)51-48(62)13-6-23-56-51)38-9-2-4-11-40(38)54-58-24-7-25-59-54/h2,4,6-21,23-33H,3,5,22H2,1H3. The van der Waals surface area contributed by atoms with Crippen molar-refractivity contribution in [3.05, 3.63) is 182 Å². The Kier molecular flexibility index (Phi) is 8.18. The molecule has 13 rings (SSSR count). The van der Waals surface area contributed by atoms with Crippen LogP contribution in [-0.2, 0) is 0 Å². The number of aliphatic imine (C=N–C) groups is 1. The van der Waals surface area contributed by atoms with Gasteiger partial charge in [-0.05, 0) is 126 Å². The Balaban J connectivity index is 0.946. The molecule has 0 amide bonds. The molecule has 0 radical (unpaired) electrons. The summed E-state index contributed by atoms with van der Waals surface area (Å²) in [7, 11) is 0. The fourth-order valence-electron chi connectivity index (χ4n) is 10.0. The lowest BCUT2D eigenvalue weighted by Crippen LogP contribution is -2.07. The number of allylic oxidation sites excluding steroid dienone is 4. The molecule has 9 heteroatoms. The van der Waals surface area contributed by atoms with Crippen LogP contribution >= 0.6 is 0 Å². The molecule has 64 heavy (non-hydrogen) atoms. The molecule has 11 aromatic rings. The quantitative estimate of drug-likeness (QED) is 0.165. The van der Waals surface area contributed by atoms with Gasteiger partial charge in [-0.15, -0.1) is 0 Å². The molecule has 0 saturated carbocycles. The van der Waals surface area contributed by atoms with Gasteiger partial charge in [-0.1, -0.05) is 55.5 Å². The second-order valence-corrected chi connectivity index (χ2v) is 16.7. The first-order valence-electron chi connectivity index (χ1n) is 21.8. The van der Waals surface area contributed by atoms with Crippen LogP contribution in [0.2, 0.25) is 0 Å². The van der Waals surface area contributed by atoms with E-state index in [2.05, 4.69) is 151 Å². The third-order valence-electron chi connectivity index (χ3n) is 12.9. The van der Waals surface area contributed by atoms with Gasteiger partial charge in [0.2, 0.25) is 0 Å². The van der Waals surface area contributed by atoms with E-state index in [1.807, 2.05) is 42.9 Å². The van der Waals surface area contributed by atoms with Gasteiger partial charge in [-0.25, -0.2) is 19.9 Å². The highest BCUT2D eigenvalue weighted by Crippen LogP contribution is 2.46. The molecule has 0 bridgehead atoms. The molecule has 1 unspecified atom stereocenters. The van der Waals surface area contributed by atoms with Crippen molar-refractivity contribution in [2.24, 2.45) is 4.99 Å². The maximum Gasteiger partial charge on any atom is 0.159 e. The molecule has 304 valence electrons. The first-order valence-corrected chi connectivity index (χ1v) is 21.8. The van der Waals surface area contributed by atoms with E-state index in [1.165, 1.54) is 11.3 Å². The van der Waals surface area contributed by atoms with Gasteiger partial charge in [0.1, 0.15) is 11.2 Å². The predicted molar refractivity (Wildman–Crippen MR) is 258 cm³/mol. The summed E-state index contributed by atoms with van der Waals surface area (Å²) in [6, 6.07) is 42.7. The van der Waals surface area contributed by atoms with E-state index in [0.29, 0.717) is 5.82 Å². The van der Waals surface area contributed by atoms with E-state index in [-0.39, 0.29) is 5.92 Å². The summed E-state index contributed by atoms with van der Waals surface area (Å²) in [5.41, 5.74) is 16.7. The molecule has 1 atom stereocenters. The van der Waals surface area contributed by atoms with Crippen molar-refractivity contribution >= 4 is 77.8 Å². The second kappa shape index (κ2) is 14.4. The molecule has 0 saturated heterocycles. The van der Waals surface area contributed by atoms with Gasteiger partial charge < -0.3 is 13.6 Å². The van der Waals surface area contributed by atoms with Gasteiger partial charge >= 0.3 is 0 Å². The fourth-order valence-corrected chi connectivity index (χ4v) is 10.0. The van der Waals surface area contributed by atoms with Gasteiger partial charge in [0.25, 0.3) is 0 Å². The zero-order valence-electron chi connectivity index (χ0n) is 34.9. The highest BCUT2D eigenvalue weighted by molar-refractivity contribution is 6.11. The van der Waals surface area contributed by atoms with Crippen molar-refractivity contribution in [3.63, 3.8) is 0 Å². The Hall–Kier alpha value is -8.30. The number of rotatable bonds is 6. The van der Waals surface area contributed by atoms with Gasteiger partial charge in [0.05, 0.1) is 33.4 Å². The number of fused-ring (bicyclic) bond motifs is 9. The summed E-state index contributed by atoms with van der Waals surface area (Å²) in [6.07, 6.45) is 18.6. The number of hydrogen-bond donors (Lipinski definition) is 0. The predicted octanol–water partition coefficient (Wildman–Crippen LogP) is 13.4. The minimum absolute atomic E-state index is 0.276. The van der Waals surface area contributed by atoms with E-state index in [4.69, 9.17) is 14.4 Å². The van der Waals surface area contributed by atoms with Crippen LogP contribution in [-0.4, -0.2) is 40.3 Å². The number of benzene rings is 5. The Morgan fingerprint density at radius 3 is 1.92 bits per heavy atom. The van der Waals surface area contributed by atoms with Crippen LogP contribution in [0.4, 0.5) is 5.69 Å².